The molecule has 3 amide bonds. The SMILES string of the molecule is CC(C)CC(=O)N[C@@H](Cc1cn(C(=O)OC(C)(C)C)c2ccccc12)NC(=O)[C@@H](Cc1cn(C(=O)OC(C)(C)C)c2ccccc12)NC(=O)OC(C)(C)C. The number of nitrogens with one attached hydrogen (secondary N) is 3. The molecule has 3 N–H and O–H groups in total. The highest BCUT2D eigenvalue weighted by atomic mass is 16.6. The van der Waals surface area contributed by atoms with E-state index in [9.17, 15) is 24.0 Å². The van der Waals surface area contributed by atoms with Gasteiger partial charge in [0.25, 0.3) is 0 Å². The number of aromatic nitrogens is 2. The van der Waals surface area contributed by atoms with E-state index in [1.54, 1.807) is 92.9 Å². The molecule has 0 aliphatic rings. The third kappa shape index (κ3) is 11.6. The van der Waals surface area contributed by atoms with Gasteiger partial charge in [0.15, 0.2) is 0 Å². The first kappa shape index (κ1) is 41.4. The Morgan fingerprint density at radius 1 is 0.611 bits per heavy atom. The highest BCUT2D eigenvalue weighted by Gasteiger charge is 2.30. The van der Waals surface area contributed by atoms with Crippen LogP contribution in [0.4, 0.5) is 14.4 Å². The first-order chi connectivity index (χ1) is 25.0. The van der Waals surface area contributed by atoms with Crippen LogP contribution in [0.5, 0.6) is 0 Å². The van der Waals surface area contributed by atoms with E-state index in [0.717, 1.165) is 5.39 Å². The van der Waals surface area contributed by atoms with Crippen molar-refractivity contribution in [3.05, 3.63) is 72.1 Å². The second kappa shape index (κ2) is 16.4. The van der Waals surface area contributed by atoms with Crippen LogP contribution in [-0.4, -0.2) is 68.2 Å². The Bertz CT molecular complexity index is 2010. The van der Waals surface area contributed by atoms with Crippen LogP contribution in [0.15, 0.2) is 60.9 Å². The molecule has 4 rings (SSSR count). The Morgan fingerprint density at radius 3 is 1.50 bits per heavy atom. The molecule has 0 fully saturated rings. The molecule has 0 aliphatic carbocycles. The summed E-state index contributed by atoms with van der Waals surface area (Å²) >= 11 is 0. The van der Waals surface area contributed by atoms with Crippen LogP contribution >= 0.6 is 0 Å². The molecule has 2 aromatic carbocycles. The molecule has 2 heterocycles. The van der Waals surface area contributed by atoms with Crippen molar-refractivity contribution in [1.29, 1.82) is 0 Å². The van der Waals surface area contributed by atoms with E-state index in [2.05, 4.69) is 16.0 Å². The molecule has 54 heavy (non-hydrogen) atoms. The molecule has 0 saturated heterocycles. The van der Waals surface area contributed by atoms with E-state index in [1.165, 1.54) is 9.13 Å². The van der Waals surface area contributed by atoms with Gasteiger partial charge in [0.2, 0.25) is 11.8 Å². The van der Waals surface area contributed by atoms with Gasteiger partial charge in [0, 0.05) is 42.4 Å². The standard InChI is InChI=1S/C41H55N5O8/c1-25(2)20-34(47)43-33(22-27-24-46(38(51)54-41(9,10)11)32-19-15-13-17-29(27)32)44-35(48)30(42-36(49)52-39(3,4)5)21-26-23-45(37(50)53-40(6,7)8)31-18-14-12-16-28(26)31/h12-19,23-25,30,33H,20-22H2,1-11H3,(H,42,49)(H,43,47)(H,44,48)/t30-,33-/m1/s1. The van der Waals surface area contributed by atoms with Gasteiger partial charge in [-0.1, -0.05) is 50.2 Å². The Morgan fingerprint density at radius 2 is 1.06 bits per heavy atom. The van der Waals surface area contributed by atoms with Crippen molar-refractivity contribution in [2.75, 3.05) is 0 Å². The third-order valence-corrected chi connectivity index (χ3v) is 7.87. The second-order valence-electron chi connectivity index (χ2n) is 16.9. The molecule has 0 saturated carbocycles. The summed E-state index contributed by atoms with van der Waals surface area (Å²) in [7, 11) is 0. The number of rotatable bonds is 10. The van der Waals surface area contributed by atoms with Crippen molar-refractivity contribution < 1.29 is 38.2 Å². The maximum absolute atomic E-state index is 14.3. The number of nitrogens with zero attached hydrogens (tertiary/aromatic N) is 2. The van der Waals surface area contributed by atoms with Crippen LogP contribution in [0, 0.1) is 5.92 Å². The maximum Gasteiger partial charge on any atom is 0.419 e. The summed E-state index contributed by atoms with van der Waals surface area (Å²) < 4.78 is 19.6. The average Bonchev–Trinajstić information content (AvgIpc) is 3.56. The minimum atomic E-state index is -1.20. The number of alkyl carbamates (subject to hydrolysis) is 1. The van der Waals surface area contributed by atoms with E-state index in [4.69, 9.17) is 14.2 Å². The molecule has 0 unspecified atom stereocenters. The van der Waals surface area contributed by atoms with Crippen molar-refractivity contribution in [2.24, 2.45) is 5.92 Å². The van der Waals surface area contributed by atoms with Crippen molar-refractivity contribution in [3.8, 4) is 0 Å². The third-order valence-electron chi connectivity index (χ3n) is 7.87. The summed E-state index contributed by atoms with van der Waals surface area (Å²) in [5, 5.41) is 10.0. The predicted molar refractivity (Wildman–Crippen MR) is 207 cm³/mol. The van der Waals surface area contributed by atoms with Crippen molar-refractivity contribution in [3.63, 3.8) is 0 Å². The molecule has 2 atom stereocenters. The number of carbonyl (C=O) groups excluding carboxylic acids is 5. The normalized spacial score (nSPS) is 13.3. The van der Waals surface area contributed by atoms with Crippen LogP contribution in [0.2, 0.25) is 0 Å². The zero-order chi connectivity index (χ0) is 40.2. The summed E-state index contributed by atoms with van der Waals surface area (Å²) in [5.41, 5.74) is 0.0893. The summed E-state index contributed by atoms with van der Waals surface area (Å²) in [4.78, 5) is 67.2. The highest BCUT2D eigenvalue weighted by molar-refractivity contribution is 5.94. The van der Waals surface area contributed by atoms with Gasteiger partial charge in [-0.2, -0.15) is 0 Å². The Hall–Kier alpha value is -5.33. The van der Waals surface area contributed by atoms with Crippen LogP contribution < -0.4 is 16.0 Å². The Balaban J connectivity index is 1.72. The largest absolute Gasteiger partial charge is 0.444 e. The van der Waals surface area contributed by atoms with E-state index in [0.29, 0.717) is 27.5 Å². The first-order valence-corrected chi connectivity index (χ1v) is 18.2. The summed E-state index contributed by atoms with van der Waals surface area (Å²) in [6.07, 6.45) is 0.584. The van der Waals surface area contributed by atoms with Crippen molar-refractivity contribution in [1.82, 2.24) is 25.1 Å². The number of para-hydroxylation sites is 2. The number of carbonyl (C=O) groups is 5. The number of fused-ring (bicyclic) bond motifs is 2. The topological polar surface area (TPSA) is 159 Å². The minimum absolute atomic E-state index is 0.0357. The number of ether oxygens (including phenoxy) is 3. The smallest absolute Gasteiger partial charge is 0.419 e. The van der Waals surface area contributed by atoms with Crippen molar-refractivity contribution in [2.45, 2.75) is 124 Å². The Labute approximate surface area is 317 Å². The van der Waals surface area contributed by atoms with Crippen LogP contribution in [-0.2, 0) is 36.6 Å². The molecule has 13 nitrogen and oxygen atoms in total. The van der Waals surface area contributed by atoms with Gasteiger partial charge >= 0.3 is 18.3 Å². The number of benzene rings is 2. The second-order valence-corrected chi connectivity index (χ2v) is 16.9. The van der Waals surface area contributed by atoms with Gasteiger partial charge in [-0.15, -0.1) is 0 Å². The van der Waals surface area contributed by atoms with Crippen LogP contribution in [0.3, 0.4) is 0 Å². The molecule has 4 aromatic rings. The zero-order valence-corrected chi connectivity index (χ0v) is 33.3. The fourth-order valence-corrected chi connectivity index (χ4v) is 5.88. The van der Waals surface area contributed by atoms with Gasteiger partial charge in [-0.05, 0) is 91.5 Å². The lowest BCUT2D eigenvalue weighted by Gasteiger charge is -2.26. The number of hydrogen-bond donors (Lipinski definition) is 3. The minimum Gasteiger partial charge on any atom is -0.444 e. The Kier molecular flexibility index (Phi) is 12.5. The quantitative estimate of drug-likeness (QED) is 0.112. The van der Waals surface area contributed by atoms with Gasteiger partial charge in [-0.25, -0.2) is 14.4 Å². The lowest BCUT2D eigenvalue weighted by molar-refractivity contribution is -0.126. The van der Waals surface area contributed by atoms with Crippen LogP contribution in [0.25, 0.3) is 21.8 Å². The first-order valence-electron chi connectivity index (χ1n) is 18.2. The predicted octanol–water partition coefficient (Wildman–Crippen LogP) is 7.45. The summed E-state index contributed by atoms with van der Waals surface area (Å²) in [6, 6.07) is 13.3. The molecular formula is C41H55N5O8. The lowest BCUT2D eigenvalue weighted by atomic mass is 10.0. The summed E-state index contributed by atoms with van der Waals surface area (Å²) in [5.74, 6) is -0.858. The number of amides is 3. The maximum atomic E-state index is 14.3. The van der Waals surface area contributed by atoms with Gasteiger partial charge in [0.1, 0.15) is 29.0 Å². The molecule has 13 heteroatoms. The fraction of sp³-hybridized carbons (Fsp3) is 0.488. The molecule has 292 valence electrons. The van der Waals surface area contributed by atoms with Crippen molar-refractivity contribution >= 4 is 51.9 Å². The van der Waals surface area contributed by atoms with Gasteiger partial charge < -0.3 is 30.2 Å². The number of hydrogen-bond acceptors (Lipinski definition) is 8. The van der Waals surface area contributed by atoms with Gasteiger partial charge in [-0.3, -0.25) is 18.7 Å². The van der Waals surface area contributed by atoms with E-state index >= 15 is 0 Å². The molecule has 0 aliphatic heterocycles. The molecule has 0 spiro atoms. The van der Waals surface area contributed by atoms with E-state index < -0.39 is 53.2 Å². The molecular weight excluding hydrogens is 690 g/mol. The highest BCUT2D eigenvalue weighted by Crippen LogP contribution is 2.26. The van der Waals surface area contributed by atoms with Crippen LogP contribution in [0.1, 0.15) is 93.7 Å². The average molecular weight is 746 g/mol. The van der Waals surface area contributed by atoms with E-state index in [-0.39, 0.29) is 31.1 Å². The monoisotopic (exact) mass is 745 g/mol. The molecule has 2 aromatic heterocycles. The zero-order valence-electron chi connectivity index (χ0n) is 33.3. The van der Waals surface area contributed by atoms with Gasteiger partial charge in [0.05, 0.1) is 11.0 Å². The summed E-state index contributed by atoms with van der Waals surface area (Å²) in [6.45, 7) is 19.6. The van der Waals surface area contributed by atoms with E-state index in [1.807, 2.05) is 44.2 Å². The molecule has 0 bridgehead atoms. The molecule has 0 radical (unpaired) electrons. The lowest BCUT2D eigenvalue weighted by Crippen LogP contribution is -2.56. The fourth-order valence-electron chi connectivity index (χ4n) is 5.88.